The van der Waals surface area contributed by atoms with Gasteiger partial charge in [0.1, 0.15) is 0 Å². The van der Waals surface area contributed by atoms with E-state index >= 15 is 0 Å². The summed E-state index contributed by atoms with van der Waals surface area (Å²) in [7, 11) is -8.12. The molecule has 0 unspecified atom stereocenters. The summed E-state index contributed by atoms with van der Waals surface area (Å²) in [6.45, 7) is 0. The summed E-state index contributed by atoms with van der Waals surface area (Å²) in [6, 6.07) is 0. The Hall–Kier alpha value is -2.95. The predicted molar refractivity (Wildman–Crippen MR) is 35.4 cm³/mol. The molecule has 0 aliphatic rings. The molecule has 0 amide bonds. The molecule has 0 saturated heterocycles. The van der Waals surface area contributed by atoms with Crippen LogP contribution in [0.2, 0.25) is 0 Å². The molecule has 0 bridgehead atoms. The fourth-order valence-corrected chi connectivity index (χ4v) is 1.37. The van der Waals surface area contributed by atoms with Gasteiger partial charge in [0, 0.05) is 0 Å². The topological polar surface area (TPSA) is 169 Å². The predicted octanol–water partition coefficient (Wildman–Crippen LogP) is -0.0890. The van der Waals surface area contributed by atoms with Crippen molar-refractivity contribution >= 4 is 0 Å². The van der Waals surface area contributed by atoms with Crippen LogP contribution in [-0.4, -0.2) is 0 Å². The quantitative estimate of drug-likeness (QED) is 0.578. The molecule has 0 fully saturated rings. The van der Waals surface area contributed by atoms with Crippen LogP contribution in [0.3, 0.4) is 0 Å². The molecule has 0 atom stereocenters. The fraction of sp³-hybridized carbons (Fsp3) is 0. The van der Waals surface area contributed by atoms with E-state index in [0.29, 0.717) is 31.3 Å². The minimum absolute atomic E-state index is 0.508. The Kier molecular flexibility index (Phi) is 1.43. The second-order valence-corrected chi connectivity index (χ2v) is 8.38. The second kappa shape index (κ2) is 1.78. The van der Waals surface area contributed by atoms with E-state index in [2.05, 4.69) is 3.85 Å². The molecule has 0 aromatic rings. The van der Waals surface area contributed by atoms with Gasteiger partial charge in [-0.05, 0) is 0 Å². The second-order valence-electron chi connectivity index (χ2n) is 2.10. The SMILES string of the molecule is N#C[O][Co](=[O])([C]#N)([C]#N)([C]#N)([C]#N)[C]#N. The van der Waals surface area contributed by atoms with Gasteiger partial charge in [0.05, 0.1) is 0 Å². The standard InChI is InChI=1S/CHNO.5CN.Co.O/c2-1-3;5*1-2;;/h3H;;;;;;;/q;;;;;;+1;/p-1. The monoisotopic (exact) mass is 247 g/mol. The van der Waals surface area contributed by atoms with E-state index in [-0.39, 0.29) is 0 Å². The summed E-state index contributed by atoms with van der Waals surface area (Å²) in [5, 5.41) is 53.7. The van der Waals surface area contributed by atoms with Gasteiger partial charge in [-0.1, -0.05) is 0 Å². The molecular formula is C6CoN6O2. The van der Waals surface area contributed by atoms with E-state index in [1.807, 2.05) is 0 Å². The van der Waals surface area contributed by atoms with Gasteiger partial charge in [-0.2, -0.15) is 0 Å². The van der Waals surface area contributed by atoms with Gasteiger partial charge >= 0.3 is 80.3 Å². The summed E-state index contributed by atoms with van der Waals surface area (Å²) in [5.74, 6) is 0. The molecule has 0 spiro atoms. The number of hydrogen-bond acceptors (Lipinski definition) is 8. The van der Waals surface area contributed by atoms with E-state index in [1.165, 1.54) is 0 Å². The zero-order valence-electron chi connectivity index (χ0n) is 6.83. The van der Waals surface area contributed by atoms with E-state index in [1.54, 1.807) is 0 Å². The van der Waals surface area contributed by atoms with Crippen LogP contribution in [0.25, 0.3) is 0 Å². The Morgan fingerprint density at radius 3 is 1.07 bits per heavy atom. The Balaban J connectivity index is 7.55. The zero-order valence-corrected chi connectivity index (χ0v) is 7.87. The first-order valence-corrected chi connectivity index (χ1v) is 6.10. The van der Waals surface area contributed by atoms with E-state index in [4.69, 9.17) is 31.6 Å². The third kappa shape index (κ3) is 0.780. The van der Waals surface area contributed by atoms with Crippen LogP contribution in [-0.2, 0) is 17.5 Å². The maximum absolute atomic E-state index is 12.2. The molecule has 0 aromatic carbocycles. The molecule has 0 aliphatic carbocycles. The summed E-state index contributed by atoms with van der Waals surface area (Å²) >= 11 is 0. The molecule has 0 aliphatic heterocycles. The van der Waals surface area contributed by atoms with E-state index in [9.17, 15) is 3.87 Å². The zero-order chi connectivity index (χ0) is 12.3. The molecule has 75 valence electrons. The van der Waals surface area contributed by atoms with Crippen molar-refractivity contribution in [1.29, 1.82) is 31.6 Å². The average Bonchev–Trinajstić information content (AvgIpc) is 2.32. The van der Waals surface area contributed by atoms with Gasteiger partial charge in [-0.3, -0.25) is 0 Å². The van der Waals surface area contributed by atoms with Crippen LogP contribution in [0.5, 0.6) is 0 Å². The maximum atomic E-state index is 12.2. The van der Waals surface area contributed by atoms with Gasteiger partial charge in [-0.15, -0.1) is 0 Å². The third-order valence-corrected chi connectivity index (χ3v) is 5.27. The van der Waals surface area contributed by atoms with Crippen LogP contribution in [0.1, 0.15) is 0 Å². The molecule has 0 radical (unpaired) electrons. The van der Waals surface area contributed by atoms with E-state index in [0.717, 1.165) is 0 Å². The molecule has 15 heavy (non-hydrogen) atoms. The first kappa shape index (κ1) is 12.0. The van der Waals surface area contributed by atoms with Crippen LogP contribution < -0.4 is 0 Å². The van der Waals surface area contributed by atoms with Crippen molar-refractivity contribution in [3.63, 3.8) is 0 Å². The minimum atomic E-state index is -8.12. The van der Waals surface area contributed by atoms with Gasteiger partial charge in [0.15, 0.2) is 0 Å². The van der Waals surface area contributed by atoms with Crippen molar-refractivity contribution in [2.45, 2.75) is 0 Å². The molecule has 0 heterocycles. The first-order valence-electron chi connectivity index (χ1n) is 2.65. The third-order valence-electron chi connectivity index (χ3n) is 1.28. The number of rotatable bonds is 1. The summed E-state index contributed by atoms with van der Waals surface area (Å²) in [4.78, 5) is 0. The molecule has 8 nitrogen and oxygen atoms in total. The van der Waals surface area contributed by atoms with Crippen molar-refractivity contribution in [2.75, 3.05) is 0 Å². The molecular weight excluding hydrogens is 247 g/mol. The number of hydrogen-bond donors (Lipinski definition) is 0. The average molecular weight is 247 g/mol. The van der Waals surface area contributed by atoms with Crippen LogP contribution >= 0.6 is 0 Å². The number of nitriles is 6. The summed E-state index contributed by atoms with van der Waals surface area (Å²) in [6.07, 6.45) is 0.620. The van der Waals surface area contributed by atoms with Gasteiger partial charge in [-0.25, -0.2) is 0 Å². The molecule has 0 saturated carbocycles. The van der Waals surface area contributed by atoms with Crippen LogP contribution in [0, 0.1) is 62.8 Å². The molecule has 0 rings (SSSR count). The van der Waals surface area contributed by atoms with Crippen molar-refractivity contribution < 1.29 is 17.5 Å². The van der Waals surface area contributed by atoms with Gasteiger partial charge in [0.2, 0.25) is 0 Å². The Bertz CT molecular complexity index is 602. The van der Waals surface area contributed by atoms with Crippen molar-refractivity contribution in [3.05, 3.63) is 0 Å². The van der Waals surface area contributed by atoms with Gasteiger partial charge < -0.3 is 0 Å². The molecule has 9 heteroatoms. The Morgan fingerprint density at radius 1 is 0.733 bits per heavy atom. The van der Waals surface area contributed by atoms with Gasteiger partial charge in [0.25, 0.3) is 0 Å². The Labute approximate surface area is 80.8 Å². The van der Waals surface area contributed by atoms with Crippen molar-refractivity contribution in [2.24, 2.45) is 0 Å². The Morgan fingerprint density at radius 2 is 1.00 bits per heavy atom. The summed E-state index contributed by atoms with van der Waals surface area (Å²) in [5.41, 5.74) is 0. The first-order chi connectivity index (χ1) is 6.72. The summed E-state index contributed by atoms with van der Waals surface area (Å²) < 4.78 is 15.8. The van der Waals surface area contributed by atoms with Crippen molar-refractivity contribution in [1.82, 2.24) is 0 Å². The normalized spacial score (nSPS) is 15.7. The molecule has 0 N–H and O–H groups in total. The molecule has 0 aromatic heterocycles. The van der Waals surface area contributed by atoms with Crippen molar-refractivity contribution in [3.8, 4) is 31.3 Å². The van der Waals surface area contributed by atoms with E-state index < -0.39 is 9.75 Å². The van der Waals surface area contributed by atoms with Crippen LogP contribution in [0.15, 0.2) is 0 Å². The number of nitrogens with zero attached hydrogens (tertiary/aromatic N) is 6. The fourth-order valence-electron chi connectivity index (χ4n) is 0.331. The van der Waals surface area contributed by atoms with Crippen LogP contribution in [0.4, 0.5) is 0 Å².